The highest BCUT2D eigenvalue weighted by Gasteiger charge is 2.12. The topological polar surface area (TPSA) is 103 Å². The van der Waals surface area contributed by atoms with E-state index in [-0.39, 0.29) is 23.4 Å². The molecule has 1 rings (SSSR count). The van der Waals surface area contributed by atoms with Gasteiger partial charge in [0.2, 0.25) is 15.6 Å². The van der Waals surface area contributed by atoms with Crippen LogP contribution in [0.15, 0.2) is 28.0 Å². The van der Waals surface area contributed by atoms with Crippen molar-refractivity contribution in [3.05, 3.63) is 28.7 Å². The summed E-state index contributed by atoms with van der Waals surface area (Å²) in [5.41, 5.74) is -0.369. The molecule has 2 N–H and O–H groups in total. The second-order valence-electron chi connectivity index (χ2n) is 2.69. The number of aromatic amines is 1. The Bertz CT molecular complexity index is 506. The van der Waals surface area contributed by atoms with Crippen molar-refractivity contribution in [3.63, 3.8) is 0 Å². The summed E-state index contributed by atoms with van der Waals surface area (Å²) in [5, 5.41) is 8.24. The maximum Gasteiger partial charge on any atom is 0.247 e. The van der Waals surface area contributed by atoms with Crippen LogP contribution in [0.2, 0.25) is 0 Å². The smallest absolute Gasteiger partial charge is 0.247 e. The predicted molar refractivity (Wildman–Crippen MR) is 52.5 cm³/mol. The molecule has 0 amide bonds. The molecule has 0 spiro atoms. The fourth-order valence-electron chi connectivity index (χ4n) is 0.888. The van der Waals surface area contributed by atoms with Crippen LogP contribution in [-0.2, 0) is 10.0 Å². The second-order valence-corrected chi connectivity index (χ2v) is 4.46. The van der Waals surface area contributed by atoms with Crippen molar-refractivity contribution in [1.82, 2.24) is 9.71 Å². The summed E-state index contributed by atoms with van der Waals surface area (Å²) < 4.78 is 25.2. The van der Waals surface area contributed by atoms with E-state index in [4.69, 9.17) is 5.26 Å². The van der Waals surface area contributed by atoms with E-state index < -0.39 is 10.0 Å². The van der Waals surface area contributed by atoms with Crippen LogP contribution in [0.3, 0.4) is 0 Å². The number of nitrogens with one attached hydrogen (secondary N) is 2. The Morgan fingerprint density at radius 3 is 2.73 bits per heavy atom. The van der Waals surface area contributed by atoms with E-state index in [0.29, 0.717) is 0 Å². The number of nitrogens with zero attached hydrogens (tertiary/aromatic N) is 1. The molecule has 0 bridgehead atoms. The van der Waals surface area contributed by atoms with Crippen molar-refractivity contribution in [2.45, 2.75) is 11.3 Å². The Kier molecular flexibility index (Phi) is 3.60. The van der Waals surface area contributed by atoms with Crippen LogP contribution in [0.5, 0.6) is 0 Å². The molecule has 0 unspecified atom stereocenters. The summed E-state index contributed by atoms with van der Waals surface area (Å²) in [5.74, 6) is 0. The van der Waals surface area contributed by atoms with Crippen molar-refractivity contribution in [2.75, 3.05) is 6.54 Å². The van der Waals surface area contributed by atoms with Crippen LogP contribution < -0.4 is 10.3 Å². The van der Waals surface area contributed by atoms with Crippen molar-refractivity contribution >= 4 is 10.0 Å². The molecular formula is C8H9N3O3S. The number of hydrogen-bond donors (Lipinski definition) is 2. The molecule has 0 fully saturated rings. The Hall–Kier alpha value is -1.65. The average molecular weight is 227 g/mol. The Morgan fingerprint density at radius 1 is 1.47 bits per heavy atom. The molecule has 1 aromatic rings. The summed E-state index contributed by atoms with van der Waals surface area (Å²) in [6, 6.07) is 4.14. The molecule has 0 aliphatic rings. The molecule has 80 valence electrons. The summed E-state index contributed by atoms with van der Waals surface area (Å²) in [4.78, 5) is 12.9. The minimum atomic E-state index is -3.62. The fourth-order valence-corrected chi connectivity index (χ4v) is 1.89. The summed E-state index contributed by atoms with van der Waals surface area (Å²) >= 11 is 0. The third-order valence-corrected chi connectivity index (χ3v) is 3.05. The number of pyridine rings is 1. The first kappa shape index (κ1) is 11.4. The molecule has 7 heteroatoms. The van der Waals surface area contributed by atoms with Crippen LogP contribution in [0.25, 0.3) is 0 Å². The number of nitriles is 1. The third-order valence-electron chi connectivity index (χ3n) is 1.59. The SMILES string of the molecule is N#CCCNS(=O)(=O)c1ccc(=O)[nH]c1. The average Bonchev–Trinajstić information content (AvgIpc) is 2.18. The third kappa shape index (κ3) is 3.19. The maximum absolute atomic E-state index is 11.5. The van der Waals surface area contributed by atoms with E-state index in [0.717, 1.165) is 12.3 Å². The van der Waals surface area contributed by atoms with E-state index in [1.165, 1.54) is 6.07 Å². The second kappa shape index (κ2) is 4.72. The maximum atomic E-state index is 11.5. The molecule has 0 saturated carbocycles. The molecule has 6 nitrogen and oxygen atoms in total. The van der Waals surface area contributed by atoms with Gasteiger partial charge in [-0.3, -0.25) is 4.79 Å². The molecule has 15 heavy (non-hydrogen) atoms. The first-order valence-corrected chi connectivity index (χ1v) is 5.60. The van der Waals surface area contributed by atoms with Gasteiger partial charge in [0.15, 0.2) is 0 Å². The first-order chi connectivity index (χ1) is 7.06. The molecule has 1 aromatic heterocycles. The van der Waals surface area contributed by atoms with E-state index in [2.05, 4.69) is 9.71 Å². The molecular weight excluding hydrogens is 218 g/mol. The van der Waals surface area contributed by atoms with Gasteiger partial charge in [-0.15, -0.1) is 0 Å². The number of hydrogen-bond acceptors (Lipinski definition) is 4. The normalized spacial score (nSPS) is 10.9. The van der Waals surface area contributed by atoms with Crippen LogP contribution >= 0.6 is 0 Å². The number of H-pyrrole nitrogens is 1. The number of sulfonamides is 1. The summed E-state index contributed by atoms with van der Waals surface area (Å²) in [6.07, 6.45) is 1.21. The van der Waals surface area contributed by atoms with Crippen molar-refractivity contribution in [2.24, 2.45) is 0 Å². The van der Waals surface area contributed by atoms with Crippen LogP contribution in [0.4, 0.5) is 0 Å². The highest BCUT2D eigenvalue weighted by atomic mass is 32.2. The highest BCUT2D eigenvalue weighted by Crippen LogP contribution is 2.03. The lowest BCUT2D eigenvalue weighted by molar-refractivity contribution is 0.582. The summed E-state index contributed by atoms with van der Waals surface area (Å²) in [6.45, 7) is 0.0535. The first-order valence-electron chi connectivity index (χ1n) is 4.11. The van der Waals surface area contributed by atoms with Crippen molar-refractivity contribution in [3.8, 4) is 6.07 Å². The highest BCUT2D eigenvalue weighted by molar-refractivity contribution is 7.89. The van der Waals surface area contributed by atoms with E-state index in [1.807, 2.05) is 6.07 Å². The number of aromatic nitrogens is 1. The zero-order chi connectivity index (χ0) is 11.3. The van der Waals surface area contributed by atoms with Gasteiger partial charge in [0.1, 0.15) is 0 Å². The molecule has 1 heterocycles. The van der Waals surface area contributed by atoms with E-state index in [1.54, 1.807) is 0 Å². The van der Waals surface area contributed by atoms with Gasteiger partial charge < -0.3 is 4.98 Å². The Labute approximate surface area is 86.6 Å². The number of rotatable bonds is 4. The van der Waals surface area contributed by atoms with E-state index >= 15 is 0 Å². The monoisotopic (exact) mass is 227 g/mol. The Balaban J connectivity index is 2.83. The van der Waals surface area contributed by atoms with Gasteiger partial charge in [-0.05, 0) is 6.07 Å². The van der Waals surface area contributed by atoms with Crippen LogP contribution in [0.1, 0.15) is 6.42 Å². The van der Waals surface area contributed by atoms with Gasteiger partial charge in [0, 0.05) is 25.2 Å². The van der Waals surface area contributed by atoms with Crippen LogP contribution in [-0.4, -0.2) is 19.9 Å². The van der Waals surface area contributed by atoms with E-state index in [9.17, 15) is 13.2 Å². The minimum absolute atomic E-state index is 0.0277. The van der Waals surface area contributed by atoms with Crippen molar-refractivity contribution < 1.29 is 8.42 Å². The molecule has 0 aliphatic heterocycles. The minimum Gasteiger partial charge on any atom is -0.328 e. The van der Waals surface area contributed by atoms with Gasteiger partial charge in [0.05, 0.1) is 11.0 Å². The predicted octanol–water partition coefficient (Wildman–Crippen LogP) is -0.433. The summed E-state index contributed by atoms with van der Waals surface area (Å²) in [7, 11) is -3.62. The largest absolute Gasteiger partial charge is 0.328 e. The van der Waals surface area contributed by atoms with Gasteiger partial charge in [0.25, 0.3) is 0 Å². The van der Waals surface area contributed by atoms with Crippen LogP contribution in [0, 0.1) is 11.3 Å². The molecule has 0 radical (unpaired) electrons. The van der Waals surface area contributed by atoms with Gasteiger partial charge in [-0.25, -0.2) is 13.1 Å². The quantitative estimate of drug-likeness (QED) is 0.681. The lowest BCUT2D eigenvalue weighted by Crippen LogP contribution is -2.25. The zero-order valence-corrected chi connectivity index (χ0v) is 8.54. The molecule has 0 atom stereocenters. The van der Waals surface area contributed by atoms with Gasteiger partial charge in [-0.2, -0.15) is 5.26 Å². The standard InChI is InChI=1S/C8H9N3O3S/c9-4-1-5-11-15(13,14)7-2-3-8(12)10-6-7/h2-3,6,11H,1,5H2,(H,10,12). The van der Waals surface area contributed by atoms with Gasteiger partial charge >= 0.3 is 0 Å². The molecule has 0 aliphatic carbocycles. The fraction of sp³-hybridized carbons (Fsp3) is 0.250. The van der Waals surface area contributed by atoms with Gasteiger partial charge in [-0.1, -0.05) is 0 Å². The lowest BCUT2D eigenvalue weighted by Gasteiger charge is -2.03. The molecule has 0 saturated heterocycles. The Morgan fingerprint density at radius 2 is 2.20 bits per heavy atom. The lowest BCUT2D eigenvalue weighted by atomic mass is 10.5. The molecule has 0 aromatic carbocycles. The zero-order valence-electron chi connectivity index (χ0n) is 7.73. The van der Waals surface area contributed by atoms with Crippen molar-refractivity contribution in [1.29, 1.82) is 5.26 Å².